The van der Waals surface area contributed by atoms with Gasteiger partial charge in [0.05, 0.1) is 28.8 Å². The van der Waals surface area contributed by atoms with Crippen molar-refractivity contribution in [1.29, 1.82) is 10.5 Å². The lowest BCUT2D eigenvalue weighted by Crippen LogP contribution is -2.50. The van der Waals surface area contributed by atoms with Crippen molar-refractivity contribution in [2.45, 2.75) is 25.4 Å². The summed E-state index contributed by atoms with van der Waals surface area (Å²) in [5.41, 5.74) is -0.319. The van der Waals surface area contributed by atoms with E-state index in [0.29, 0.717) is 11.1 Å². The quantitative estimate of drug-likeness (QED) is 0.580. The molecule has 2 unspecified atom stereocenters. The van der Waals surface area contributed by atoms with Gasteiger partial charge in [-0.05, 0) is 42.8 Å². The predicted molar refractivity (Wildman–Crippen MR) is 131 cm³/mol. The van der Waals surface area contributed by atoms with E-state index in [-0.39, 0.29) is 35.8 Å². The van der Waals surface area contributed by atoms with Gasteiger partial charge in [-0.15, -0.1) is 0 Å². The van der Waals surface area contributed by atoms with Crippen LogP contribution in [0.4, 0.5) is 18.9 Å². The first-order chi connectivity index (χ1) is 17.9. The average Bonchev–Trinajstić information content (AvgIpc) is 2.88. The van der Waals surface area contributed by atoms with Crippen LogP contribution in [0.3, 0.4) is 0 Å². The van der Waals surface area contributed by atoms with Gasteiger partial charge in [0, 0.05) is 44.4 Å². The molecule has 3 amide bonds. The van der Waals surface area contributed by atoms with Crippen LogP contribution >= 0.6 is 0 Å². The fourth-order valence-electron chi connectivity index (χ4n) is 4.27. The molecule has 8 nitrogen and oxygen atoms in total. The Hall–Kier alpha value is -4.64. The smallest absolute Gasteiger partial charge is 0.355 e. The van der Waals surface area contributed by atoms with Crippen LogP contribution in [0, 0.1) is 28.6 Å². The fourth-order valence-corrected chi connectivity index (χ4v) is 4.27. The lowest BCUT2D eigenvalue weighted by Gasteiger charge is -2.38. The molecule has 0 spiro atoms. The zero-order valence-electron chi connectivity index (χ0n) is 20.8. The van der Waals surface area contributed by atoms with Crippen molar-refractivity contribution in [2.75, 3.05) is 25.5 Å². The van der Waals surface area contributed by atoms with Crippen LogP contribution < -0.4 is 10.2 Å². The van der Waals surface area contributed by atoms with Gasteiger partial charge in [0.25, 0.3) is 0 Å². The molecule has 2 aromatic carbocycles. The van der Waals surface area contributed by atoms with Gasteiger partial charge in [0.2, 0.25) is 17.7 Å². The number of allylic oxidation sites excluding steroid dienone is 2. The molecule has 0 fully saturated rings. The highest BCUT2D eigenvalue weighted by Gasteiger charge is 2.46. The van der Waals surface area contributed by atoms with Gasteiger partial charge >= 0.3 is 6.18 Å². The van der Waals surface area contributed by atoms with Crippen LogP contribution in [0.5, 0.6) is 0 Å². The maximum atomic E-state index is 13.8. The van der Waals surface area contributed by atoms with Gasteiger partial charge < -0.3 is 10.2 Å². The topological polar surface area (TPSA) is 117 Å². The molecule has 0 radical (unpaired) electrons. The lowest BCUT2D eigenvalue weighted by molar-refractivity contribution is -0.138. The second-order valence-electron chi connectivity index (χ2n) is 8.85. The number of amides is 3. The summed E-state index contributed by atoms with van der Waals surface area (Å²) in [6.07, 6.45) is -4.72. The summed E-state index contributed by atoms with van der Waals surface area (Å²) >= 11 is 0. The maximum absolute atomic E-state index is 13.8. The number of rotatable bonds is 6. The van der Waals surface area contributed by atoms with E-state index in [2.05, 4.69) is 5.32 Å². The molecule has 11 heteroatoms. The van der Waals surface area contributed by atoms with Crippen molar-refractivity contribution < 1.29 is 27.6 Å². The highest BCUT2D eigenvalue weighted by molar-refractivity contribution is 6.12. The van der Waals surface area contributed by atoms with Gasteiger partial charge in [0.15, 0.2) is 0 Å². The summed E-state index contributed by atoms with van der Waals surface area (Å²) in [6, 6.07) is 14.1. The Balaban J connectivity index is 2.12. The van der Waals surface area contributed by atoms with Crippen LogP contribution in [0.25, 0.3) is 0 Å². The van der Waals surface area contributed by atoms with Gasteiger partial charge in [-0.3, -0.25) is 19.3 Å². The number of nitrogens with zero attached hydrogens (tertiary/aromatic N) is 4. The Kier molecular flexibility index (Phi) is 8.22. The SMILES string of the molecule is CC1=C(C#N)C(c2ccc(C#N)cc2)C(C(=O)NCCC(=O)N(C)C)C(=O)N1c1cccc(C(F)(F)F)c1. The van der Waals surface area contributed by atoms with Crippen LogP contribution in [0.1, 0.15) is 36.0 Å². The molecule has 0 bridgehead atoms. The third kappa shape index (κ3) is 5.68. The van der Waals surface area contributed by atoms with E-state index >= 15 is 0 Å². The molecule has 0 aliphatic carbocycles. The monoisotopic (exact) mass is 523 g/mol. The van der Waals surface area contributed by atoms with Crippen LogP contribution in [0.2, 0.25) is 0 Å². The molecule has 196 valence electrons. The minimum absolute atomic E-state index is 0.0104. The van der Waals surface area contributed by atoms with Crippen molar-refractivity contribution in [3.8, 4) is 12.1 Å². The number of carbonyl (C=O) groups is 3. The molecule has 1 aliphatic heterocycles. The zero-order chi connectivity index (χ0) is 28.2. The third-order valence-corrected chi connectivity index (χ3v) is 6.23. The van der Waals surface area contributed by atoms with E-state index in [1.54, 1.807) is 14.1 Å². The number of anilines is 1. The van der Waals surface area contributed by atoms with Crippen molar-refractivity contribution in [2.24, 2.45) is 5.92 Å². The van der Waals surface area contributed by atoms with Crippen molar-refractivity contribution in [3.05, 3.63) is 76.5 Å². The summed E-state index contributed by atoms with van der Waals surface area (Å²) in [4.78, 5) is 41.4. The molecular formula is C27H24F3N5O3. The van der Waals surface area contributed by atoms with E-state index in [9.17, 15) is 32.8 Å². The molecule has 2 aromatic rings. The second kappa shape index (κ2) is 11.2. The third-order valence-electron chi connectivity index (χ3n) is 6.23. The molecule has 0 saturated carbocycles. The molecule has 38 heavy (non-hydrogen) atoms. The minimum Gasteiger partial charge on any atom is -0.355 e. The Morgan fingerprint density at radius 3 is 2.29 bits per heavy atom. The number of alkyl halides is 3. The Morgan fingerprint density at radius 1 is 1.08 bits per heavy atom. The first kappa shape index (κ1) is 27.9. The first-order valence-electron chi connectivity index (χ1n) is 11.5. The number of benzene rings is 2. The lowest BCUT2D eigenvalue weighted by atomic mass is 9.75. The molecule has 1 heterocycles. The molecule has 3 rings (SSSR count). The summed E-state index contributed by atoms with van der Waals surface area (Å²) in [5.74, 6) is -4.46. The second-order valence-corrected chi connectivity index (χ2v) is 8.85. The number of hydrogen-bond acceptors (Lipinski definition) is 5. The molecule has 2 atom stereocenters. The standard InChI is InChI=1S/C27H24F3N5O3/c1-16-21(15-32)23(18-9-7-17(14-31)8-10-18)24(25(37)33-12-11-22(36)34(2)3)26(38)35(16)20-6-4-5-19(13-20)27(28,29)30/h4-10,13,23-24H,11-12H2,1-3H3,(H,33,37). The van der Waals surface area contributed by atoms with Crippen LogP contribution in [-0.4, -0.2) is 43.3 Å². The average molecular weight is 524 g/mol. The summed E-state index contributed by atoms with van der Waals surface area (Å²) in [7, 11) is 3.10. The normalized spacial score (nSPS) is 17.5. The van der Waals surface area contributed by atoms with Crippen molar-refractivity contribution >= 4 is 23.4 Å². The molecule has 1 aliphatic rings. The largest absolute Gasteiger partial charge is 0.416 e. The molecule has 0 aromatic heterocycles. The number of nitrogens with one attached hydrogen (secondary N) is 1. The van der Waals surface area contributed by atoms with E-state index in [1.807, 2.05) is 12.1 Å². The van der Waals surface area contributed by atoms with E-state index in [4.69, 9.17) is 5.26 Å². The predicted octanol–water partition coefficient (Wildman–Crippen LogP) is 3.72. The summed E-state index contributed by atoms with van der Waals surface area (Å²) in [6.45, 7) is 1.34. The van der Waals surface area contributed by atoms with Gasteiger partial charge in [0.1, 0.15) is 5.92 Å². The Morgan fingerprint density at radius 2 is 1.74 bits per heavy atom. The van der Waals surface area contributed by atoms with E-state index in [1.165, 1.54) is 42.2 Å². The first-order valence-corrected chi connectivity index (χ1v) is 11.5. The van der Waals surface area contributed by atoms with E-state index < -0.39 is 35.4 Å². The maximum Gasteiger partial charge on any atom is 0.416 e. The Bertz CT molecular complexity index is 1370. The van der Waals surface area contributed by atoms with Crippen molar-refractivity contribution in [3.63, 3.8) is 0 Å². The fraction of sp³-hybridized carbons (Fsp3) is 0.296. The van der Waals surface area contributed by atoms with Crippen LogP contribution in [-0.2, 0) is 20.6 Å². The van der Waals surface area contributed by atoms with Gasteiger partial charge in [-0.2, -0.15) is 23.7 Å². The van der Waals surface area contributed by atoms with Gasteiger partial charge in [-0.25, -0.2) is 0 Å². The Labute approximate surface area is 217 Å². The van der Waals surface area contributed by atoms with Crippen molar-refractivity contribution in [1.82, 2.24) is 10.2 Å². The van der Waals surface area contributed by atoms with Crippen LogP contribution in [0.15, 0.2) is 59.8 Å². The highest BCUT2D eigenvalue weighted by Crippen LogP contribution is 2.43. The number of hydrogen-bond donors (Lipinski definition) is 1. The van der Waals surface area contributed by atoms with Gasteiger partial charge in [-0.1, -0.05) is 18.2 Å². The summed E-state index contributed by atoms with van der Waals surface area (Å²) < 4.78 is 40.2. The number of halogens is 3. The molecule has 1 N–H and O–H groups in total. The number of carbonyl (C=O) groups excluding carboxylic acids is 3. The van der Waals surface area contributed by atoms with E-state index in [0.717, 1.165) is 23.1 Å². The molecule has 0 saturated heterocycles. The number of nitriles is 2. The molecular weight excluding hydrogens is 499 g/mol. The highest BCUT2D eigenvalue weighted by atomic mass is 19.4. The minimum atomic E-state index is -4.68. The zero-order valence-corrected chi connectivity index (χ0v) is 20.8. The summed E-state index contributed by atoms with van der Waals surface area (Å²) in [5, 5.41) is 21.8.